The van der Waals surface area contributed by atoms with Crippen LogP contribution in [-0.2, 0) is 12.3 Å². The highest BCUT2D eigenvalue weighted by Crippen LogP contribution is 2.17. The maximum atomic E-state index is 11.4. The Morgan fingerprint density at radius 1 is 1.37 bits per heavy atom. The van der Waals surface area contributed by atoms with Gasteiger partial charge in [0.2, 0.25) is 0 Å². The van der Waals surface area contributed by atoms with Crippen molar-refractivity contribution in [2.45, 2.75) is 19.2 Å². The maximum absolute atomic E-state index is 11.4. The molecular weight excluding hydrogens is 264 g/mol. The van der Waals surface area contributed by atoms with Crippen LogP contribution in [0, 0.1) is 0 Å². The van der Waals surface area contributed by atoms with Crippen molar-refractivity contribution in [3.8, 4) is 5.69 Å². The van der Waals surface area contributed by atoms with Crippen LogP contribution in [0.2, 0.25) is 0 Å². The van der Waals surface area contributed by atoms with Crippen molar-refractivity contribution in [2.75, 3.05) is 6.54 Å². The lowest BCUT2D eigenvalue weighted by atomic mass is 10.1. The van der Waals surface area contributed by atoms with E-state index in [-0.39, 0.29) is 11.7 Å². The molecule has 0 aliphatic rings. The minimum atomic E-state index is 0.0164. The van der Waals surface area contributed by atoms with Gasteiger partial charge in [0.15, 0.2) is 11.6 Å². The first kappa shape index (κ1) is 13.7. The van der Waals surface area contributed by atoms with Gasteiger partial charge >= 0.3 is 0 Å². The van der Waals surface area contributed by atoms with E-state index in [4.69, 9.17) is 17.3 Å². The van der Waals surface area contributed by atoms with Crippen molar-refractivity contribution in [3.63, 3.8) is 0 Å². The van der Waals surface area contributed by atoms with Gasteiger partial charge in [-0.2, -0.15) is 0 Å². The molecule has 0 spiro atoms. The molecule has 2 N–H and O–H groups in total. The van der Waals surface area contributed by atoms with Crippen molar-refractivity contribution in [2.24, 2.45) is 5.73 Å². The number of ketones is 1. The Labute approximate surface area is 116 Å². The van der Waals surface area contributed by atoms with Gasteiger partial charge in [0, 0.05) is 17.7 Å². The predicted molar refractivity (Wildman–Crippen MR) is 73.7 cm³/mol. The van der Waals surface area contributed by atoms with Gasteiger partial charge in [0.05, 0.1) is 5.88 Å². The van der Waals surface area contributed by atoms with Crippen LogP contribution in [-0.4, -0.2) is 27.1 Å². The third-order valence-electron chi connectivity index (χ3n) is 2.80. The molecule has 19 heavy (non-hydrogen) atoms. The fourth-order valence-corrected chi connectivity index (χ4v) is 2.07. The number of carbonyl (C=O) groups excluding carboxylic acids is 1. The van der Waals surface area contributed by atoms with E-state index in [9.17, 15) is 4.79 Å². The van der Waals surface area contributed by atoms with Gasteiger partial charge in [-0.25, -0.2) is 0 Å². The van der Waals surface area contributed by atoms with E-state index in [1.807, 2.05) is 22.8 Å². The molecule has 0 saturated carbocycles. The zero-order valence-electron chi connectivity index (χ0n) is 10.6. The van der Waals surface area contributed by atoms with E-state index in [0.717, 1.165) is 11.5 Å². The average Bonchev–Trinajstić information content (AvgIpc) is 2.82. The molecule has 0 fully saturated rings. The molecule has 5 nitrogen and oxygen atoms in total. The van der Waals surface area contributed by atoms with Crippen LogP contribution in [0.4, 0.5) is 0 Å². The number of nitrogens with two attached hydrogens (primary N) is 1. The number of hydrogen-bond acceptors (Lipinski definition) is 4. The summed E-state index contributed by atoms with van der Waals surface area (Å²) >= 11 is 5.88. The van der Waals surface area contributed by atoms with Crippen molar-refractivity contribution in [1.82, 2.24) is 14.8 Å². The number of rotatable bonds is 5. The molecule has 2 aromatic rings. The van der Waals surface area contributed by atoms with Gasteiger partial charge in [-0.05, 0) is 25.6 Å². The van der Waals surface area contributed by atoms with Gasteiger partial charge in [0.1, 0.15) is 5.82 Å². The van der Waals surface area contributed by atoms with Gasteiger partial charge in [-0.1, -0.05) is 12.1 Å². The molecule has 2 rings (SSSR count). The number of aromatic nitrogens is 3. The van der Waals surface area contributed by atoms with Crippen LogP contribution in [0.15, 0.2) is 24.3 Å². The number of nitrogens with zero attached hydrogens (tertiary/aromatic N) is 3. The van der Waals surface area contributed by atoms with Gasteiger partial charge in [-0.3, -0.25) is 9.36 Å². The largest absolute Gasteiger partial charge is 0.330 e. The fourth-order valence-electron chi connectivity index (χ4n) is 1.89. The predicted octanol–water partition coefficient (Wildman–Crippen LogP) is 1.71. The Morgan fingerprint density at radius 3 is 2.74 bits per heavy atom. The molecule has 100 valence electrons. The van der Waals surface area contributed by atoms with Crippen LogP contribution < -0.4 is 5.73 Å². The molecule has 1 aromatic carbocycles. The third-order valence-corrected chi connectivity index (χ3v) is 3.03. The third kappa shape index (κ3) is 2.83. The second-order valence-electron chi connectivity index (χ2n) is 4.15. The SMILES string of the molecule is CC(=O)c1cccc(-n2c(CCl)nnc2CCN)c1. The van der Waals surface area contributed by atoms with Crippen molar-refractivity contribution in [1.29, 1.82) is 0 Å². The van der Waals surface area contributed by atoms with E-state index in [1.165, 1.54) is 6.92 Å². The highest BCUT2D eigenvalue weighted by molar-refractivity contribution is 6.16. The summed E-state index contributed by atoms with van der Waals surface area (Å²) in [6, 6.07) is 7.31. The van der Waals surface area contributed by atoms with Gasteiger partial charge < -0.3 is 5.73 Å². The van der Waals surface area contributed by atoms with E-state index in [2.05, 4.69) is 10.2 Å². The minimum Gasteiger partial charge on any atom is -0.330 e. The topological polar surface area (TPSA) is 73.8 Å². The first-order chi connectivity index (χ1) is 9.17. The molecule has 1 aromatic heterocycles. The van der Waals surface area contributed by atoms with Crippen LogP contribution in [0.5, 0.6) is 0 Å². The summed E-state index contributed by atoms with van der Waals surface area (Å²) < 4.78 is 1.85. The van der Waals surface area contributed by atoms with Crippen molar-refractivity contribution in [3.05, 3.63) is 41.5 Å². The van der Waals surface area contributed by atoms with E-state index in [0.29, 0.717) is 24.4 Å². The summed E-state index contributed by atoms with van der Waals surface area (Å²) in [5, 5.41) is 8.14. The number of halogens is 1. The number of alkyl halides is 1. The molecule has 6 heteroatoms. The monoisotopic (exact) mass is 278 g/mol. The summed E-state index contributed by atoms with van der Waals surface area (Å²) in [4.78, 5) is 11.4. The molecule has 0 unspecified atom stereocenters. The molecule has 0 saturated heterocycles. The second-order valence-corrected chi connectivity index (χ2v) is 4.41. The molecule has 0 bridgehead atoms. The van der Waals surface area contributed by atoms with Crippen molar-refractivity contribution >= 4 is 17.4 Å². The minimum absolute atomic E-state index is 0.0164. The lowest BCUT2D eigenvalue weighted by molar-refractivity contribution is 0.101. The Morgan fingerprint density at radius 2 is 2.11 bits per heavy atom. The Hall–Kier alpha value is -1.72. The molecular formula is C13H15ClN4O. The average molecular weight is 279 g/mol. The number of benzene rings is 1. The Kier molecular flexibility index (Phi) is 4.29. The lowest BCUT2D eigenvalue weighted by Gasteiger charge is -2.09. The summed E-state index contributed by atoms with van der Waals surface area (Å²) in [5.74, 6) is 1.66. The van der Waals surface area contributed by atoms with E-state index >= 15 is 0 Å². The molecule has 0 amide bonds. The Balaban J connectivity index is 2.53. The smallest absolute Gasteiger partial charge is 0.159 e. The zero-order chi connectivity index (χ0) is 13.8. The molecule has 0 aliphatic heterocycles. The van der Waals surface area contributed by atoms with E-state index < -0.39 is 0 Å². The summed E-state index contributed by atoms with van der Waals surface area (Å²) in [6.07, 6.45) is 0.605. The van der Waals surface area contributed by atoms with Crippen LogP contribution >= 0.6 is 11.6 Å². The normalized spacial score (nSPS) is 10.7. The summed E-state index contributed by atoms with van der Waals surface area (Å²) in [6.45, 7) is 2.02. The molecule has 0 atom stereocenters. The second kappa shape index (κ2) is 5.95. The van der Waals surface area contributed by atoms with Crippen LogP contribution in [0.3, 0.4) is 0 Å². The van der Waals surface area contributed by atoms with Crippen LogP contribution in [0.1, 0.15) is 28.9 Å². The number of Topliss-reactive ketones (excluding diaryl/α,β-unsaturated/α-hetero) is 1. The number of carbonyl (C=O) groups is 1. The molecule has 0 aliphatic carbocycles. The van der Waals surface area contributed by atoms with Crippen molar-refractivity contribution < 1.29 is 4.79 Å². The standard InChI is InChI=1S/C13H15ClN4O/c1-9(19)10-3-2-4-11(7-10)18-12(5-6-15)16-17-13(18)8-14/h2-4,7H,5-6,8,15H2,1H3. The number of hydrogen-bond donors (Lipinski definition) is 1. The highest BCUT2D eigenvalue weighted by Gasteiger charge is 2.13. The first-order valence-corrected chi connectivity index (χ1v) is 6.51. The maximum Gasteiger partial charge on any atom is 0.159 e. The summed E-state index contributed by atoms with van der Waals surface area (Å²) in [7, 11) is 0. The lowest BCUT2D eigenvalue weighted by Crippen LogP contribution is -2.10. The highest BCUT2D eigenvalue weighted by atomic mass is 35.5. The van der Waals surface area contributed by atoms with Gasteiger partial charge in [-0.15, -0.1) is 21.8 Å². The Bertz CT molecular complexity index is 594. The quantitative estimate of drug-likeness (QED) is 0.667. The summed E-state index contributed by atoms with van der Waals surface area (Å²) in [5.41, 5.74) is 7.04. The van der Waals surface area contributed by atoms with E-state index in [1.54, 1.807) is 6.07 Å². The molecule has 0 radical (unpaired) electrons. The molecule has 1 heterocycles. The fraction of sp³-hybridized carbons (Fsp3) is 0.308. The zero-order valence-corrected chi connectivity index (χ0v) is 11.4. The first-order valence-electron chi connectivity index (χ1n) is 5.98. The van der Waals surface area contributed by atoms with Crippen LogP contribution in [0.25, 0.3) is 5.69 Å². The van der Waals surface area contributed by atoms with Gasteiger partial charge in [0.25, 0.3) is 0 Å².